The van der Waals surface area contributed by atoms with Gasteiger partial charge in [-0.05, 0) is 60.2 Å². The van der Waals surface area contributed by atoms with Gasteiger partial charge in [0.15, 0.2) is 11.5 Å². The van der Waals surface area contributed by atoms with Crippen LogP contribution in [0.25, 0.3) is 0 Å². The van der Waals surface area contributed by atoms with Crippen LogP contribution in [0.1, 0.15) is 38.3 Å². The predicted octanol–water partition coefficient (Wildman–Crippen LogP) is 2.33. The number of anilines is 1. The molecule has 0 aromatic heterocycles. The molecule has 1 atom stereocenters. The number of amides is 2. The molecule has 2 aliphatic heterocycles. The molecule has 0 spiro atoms. The number of carbonyl (C=O) groups excluding carboxylic acids is 2. The van der Waals surface area contributed by atoms with E-state index in [1.165, 1.54) is 13.0 Å². The molecule has 2 aromatic rings. The quantitative estimate of drug-likeness (QED) is 0.591. The summed E-state index contributed by atoms with van der Waals surface area (Å²) in [7, 11) is -3.95. The van der Waals surface area contributed by atoms with Crippen molar-refractivity contribution in [2.45, 2.75) is 51.1 Å². The second-order valence-corrected chi connectivity index (χ2v) is 10.6. The third-order valence-corrected chi connectivity index (χ3v) is 7.33. The Balaban J connectivity index is 1.47. The minimum Gasteiger partial charge on any atom is -0.454 e. The van der Waals surface area contributed by atoms with Crippen LogP contribution in [0.2, 0.25) is 0 Å². The van der Waals surface area contributed by atoms with Crippen LogP contribution in [-0.4, -0.2) is 39.6 Å². The molecule has 2 heterocycles. The van der Waals surface area contributed by atoms with Crippen LogP contribution in [0.15, 0.2) is 41.3 Å². The maximum absolute atomic E-state index is 13.1. The highest BCUT2D eigenvalue weighted by molar-refractivity contribution is 7.89. The zero-order chi connectivity index (χ0) is 24.5. The summed E-state index contributed by atoms with van der Waals surface area (Å²) >= 11 is 0. The molecule has 0 bridgehead atoms. The molecule has 2 N–H and O–H groups in total. The number of hydrogen-bond donors (Lipinski definition) is 2. The van der Waals surface area contributed by atoms with Crippen molar-refractivity contribution in [1.82, 2.24) is 10.0 Å². The van der Waals surface area contributed by atoms with E-state index >= 15 is 0 Å². The van der Waals surface area contributed by atoms with Gasteiger partial charge < -0.3 is 19.7 Å². The molecule has 1 unspecified atom stereocenters. The summed E-state index contributed by atoms with van der Waals surface area (Å²) in [6.07, 6.45) is 0.930. The van der Waals surface area contributed by atoms with Crippen molar-refractivity contribution in [3.8, 4) is 11.5 Å². The standard InChI is InChI=1S/C24H29N3O6S/c1-15(2)10-20(24(29)25-13-17-4-7-22-23(11-17)33-14-32-22)26-34(30,31)19-5-6-21-18(12-19)8-9-27(21)16(3)28/h4-7,11-12,15,20,26H,8-10,13-14H2,1-3H3,(H,25,29). The Labute approximate surface area is 199 Å². The van der Waals surface area contributed by atoms with Crippen molar-refractivity contribution in [3.05, 3.63) is 47.5 Å². The first-order valence-electron chi connectivity index (χ1n) is 11.2. The van der Waals surface area contributed by atoms with Gasteiger partial charge in [0.2, 0.25) is 28.6 Å². The van der Waals surface area contributed by atoms with Gasteiger partial charge in [-0.1, -0.05) is 19.9 Å². The monoisotopic (exact) mass is 487 g/mol. The molecule has 34 heavy (non-hydrogen) atoms. The fourth-order valence-corrected chi connectivity index (χ4v) is 5.43. The topological polar surface area (TPSA) is 114 Å². The van der Waals surface area contributed by atoms with E-state index in [2.05, 4.69) is 10.0 Å². The van der Waals surface area contributed by atoms with Crippen LogP contribution < -0.4 is 24.4 Å². The normalized spacial score (nSPS) is 15.4. The highest BCUT2D eigenvalue weighted by Gasteiger charge is 2.29. The van der Waals surface area contributed by atoms with E-state index in [-0.39, 0.29) is 30.1 Å². The number of ether oxygens (including phenoxy) is 2. The number of benzene rings is 2. The molecule has 0 radical (unpaired) electrons. The largest absolute Gasteiger partial charge is 0.454 e. The molecule has 182 valence electrons. The average Bonchev–Trinajstić information content (AvgIpc) is 3.42. The summed E-state index contributed by atoms with van der Waals surface area (Å²) in [4.78, 5) is 26.4. The number of sulfonamides is 1. The second-order valence-electron chi connectivity index (χ2n) is 8.92. The van der Waals surface area contributed by atoms with E-state index in [9.17, 15) is 18.0 Å². The summed E-state index contributed by atoms with van der Waals surface area (Å²) in [6, 6.07) is 9.16. The summed E-state index contributed by atoms with van der Waals surface area (Å²) in [5, 5.41) is 2.82. The van der Waals surface area contributed by atoms with Gasteiger partial charge in [-0.25, -0.2) is 8.42 Å². The maximum atomic E-state index is 13.1. The van der Waals surface area contributed by atoms with E-state index in [0.717, 1.165) is 16.8 Å². The van der Waals surface area contributed by atoms with Gasteiger partial charge >= 0.3 is 0 Å². The van der Waals surface area contributed by atoms with Gasteiger partial charge in [0.05, 0.1) is 4.90 Å². The van der Waals surface area contributed by atoms with Crippen molar-refractivity contribution in [2.75, 3.05) is 18.2 Å². The third-order valence-electron chi connectivity index (χ3n) is 5.86. The highest BCUT2D eigenvalue weighted by atomic mass is 32.2. The van der Waals surface area contributed by atoms with Crippen LogP contribution in [0, 0.1) is 5.92 Å². The van der Waals surface area contributed by atoms with Gasteiger partial charge in [-0.3, -0.25) is 9.59 Å². The Kier molecular flexibility index (Phi) is 6.81. The molecule has 2 amide bonds. The summed E-state index contributed by atoms with van der Waals surface area (Å²) in [5.41, 5.74) is 2.34. The first-order valence-corrected chi connectivity index (χ1v) is 12.7. The van der Waals surface area contributed by atoms with Gasteiger partial charge in [0.1, 0.15) is 6.04 Å². The lowest BCUT2D eigenvalue weighted by Gasteiger charge is -2.21. The number of nitrogens with zero attached hydrogens (tertiary/aromatic N) is 1. The Morgan fingerprint density at radius 3 is 2.59 bits per heavy atom. The minimum absolute atomic E-state index is 0.0778. The smallest absolute Gasteiger partial charge is 0.241 e. The van der Waals surface area contributed by atoms with Crippen molar-refractivity contribution < 1.29 is 27.5 Å². The molecule has 2 aliphatic rings. The van der Waals surface area contributed by atoms with Crippen molar-refractivity contribution in [1.29, 1.82) is 0 Å². The Bertz CT molecular complexity index is 1210. The lowest BCUT2D eigenvalue weighted by molar-refractivity contribution is -0.123. The van der Waals surface area contributed by atoms with Crippen LogP contribution >= 0.6 is 0 Å². The lowest BCUT2D eigenvalue weighted by Crippen LogP contribution is -2.47. The molecule has 0 saturated carbocycles. The molecule has 2 aromatic carbocycles. The number of fused-ring (bicyclic) bond motifs is 2. The van der Waals surface area contributed by atoms with Crippen molar-refractivity contribution in [2.24, 2.45) is 5.92 Å². The molecular formula is C24H29N3O6S. The summed E-state index contributed by atoms with van der Waals surface area (Å²) in [5.74, 6) is 0.878. The van der Waals surface area contributed by atoms with Gasteiger partial charge in [-0.2, -0.15) is 4.72 Å². The molecule has 10 heteroatoms. The van der Waals surface area contributed by atoms with Crippen LogP contribution in [-0.2, 0) is 32.6 Å². The van der Waals surface area contributed by atoms with Crippen molar-refractivity contribution in [3.63, 3.8) is 0 Å². The third kappa shape index (κ3) is 5.18. The zero-order valence-electron chi connectivity index (χ0n) is 19.5. The van der Waals surface area contributed by atoms with E-state index in [0.29, 0.717) is 30.9 Å². The van der Waals surface area contributed by atoms with Gasteiger partial charge in [0, 0.05) is 25.7 Å². The van der Waals surface area contributed by atoms with E-state index in [4.69, 9.17) is 9.47 Å². The second kappa shape index (κ2) is 9.63. The first kappa shape index (κ1) is 24.0. The first-order chi connectivity index (χ1) is 16.1. The Morgan fingerprint density at radius 1 is 1.09 bits per heavy atom. The van der Waals surface area contributed by atoms with Crippen LogP contribution in [0.4, 0.5) is 5.69 Å². The Morgan fingerprint density at radius 2 is 1.85 bits per heavy atom. The van der Waals surface area contributed by atoms with Crippen LogP contribution in [0.3, 0.4) is 0 Å². The average molecular weight is 488 g/mol. The molecule has 0 saturated heterocycles. The Hall–Kier alpha value is -3.11. The van der Waals surface area contributed by atoms with Gasteiger partial charge in [-0.15, -0.1) is 0 Å². The highest BCUT2D eigenvalue weighted by Crippen LogP contribution is 2.32. The van der Waals surface area contributed by atoms with Gasteiger partial charge in [0.25, 0.3) is 0 Å². The zero-order valence-corrected chi connectivity index (χ0v) is 20.3. The molecule has 0 aliphatic carbocycles. The lowest BCUT2D eigenvalue weighted by atomic mass is 10.0. The van der Waals surface area contributed by atoms with E-state index < -0.39 is 22.0 Å². The fraction of sp³-hybridized carbons (Fsp3) is 0.417. The molecule has 9 nitrogen and oxygen atoms in total. The van der Waals surface area contributed by atoms with Crippen molar-refractivity contribution >= 4 is 27.5 Å². The number of hydrogen-bond acceptors (Lipinski definition) is 6. The SMILES string of the molecule is CC(=O)N1CCc2cc(S(=O)(=O)NC(CC(C)C)C(=O)NCc3ccc4c(c3)OCO4)ccc21. The number of nitrogens with one attached hydrogen (secondary N) is 2. The molecule has 4 rings (SSSR count). The maximum Gasteiger partial charge on any atom is 0.241 e. The fourth-order valence-electron chi connectivity index (χ4n) is 4.17. The number of rotatable bonds is 8. The predicted molar refractivity (Wildman–Crippen MR) is 126 cm³/mol. The molecular weight excluding hydrogens is 458 g/mol. The minimum atomic E-state index is -3.95. The molecule has 0 fully saturated rings. The summed E-state index contributed by atoms with van der Waals surface area (Å²) < 4.78 is 39.5. The van der Waals surface area contributed by atoms with E-state index in [1.807, 2.05) is 19.9 Å². The van der Waals surface area contributed by atoms with Crippen LogP contribution in [0.5, 0.6) is 11.5 Å². The number of carbonyl (C=O) groups is 2. The summed E-state index contributed by atoms with van der Waals surface area (Å²) in [6.45, 7) is 6.26. The van der Waals surface area contributed by atoms with E-state index in [1.54, 1.807) is 29.2 Å².